The molecule has 28 heavy (non-hydrogen) atoms. The maximum atomic E-state index is 13.3. The van der Waals surface area contributed by atoms with E-state index >= 15 is 0 Å². The summed E-state index contributed by atoms with van der Waals surface area (Å²) in [7, 11) is 1.57. The van der Waals surface area contributed by atoms with Gasteiger partial charge in [-0.25, -0.2) is 4.98 Å². The van der Waals surface area contributed by atoms with Gasteiger partial charge >= 0.3 is 0 Å². The molecule has 0 bridgehead atoms. The quantitative estimate of drug-likeness (QED) is 0.445. The second-order valence-electron chi connectivity index (χ2n) is 6.67. The SMILES string of the molecule is COc1ccc(-n2c(SC[C@H]3CCCCO3)nc3ccccc3c2=O)cc1Cl. The summed E-state index contributed by atoms with van der Waals surface area (Å²) in [6.07, 6.45) is 3.52. The Balaban J connectivity index is 1.79. The average molecular weight is 417 g/mol. The summed E-state index contributed by atoms with van der Waals surface area (Å²) in [6.45, 7) is 0.803. The fourth-order valence-electron chi connectivity index (χ4n) is 3.34. The van der Waals surface area contributed by atoms with Gasteiger partial charge in [0.2, 0.25) is 0 Å². The first-order chi connectivity index (χ1) is 13.7. The van der Waals surface area contributed by atoms with Gasteiger partial charge in [-0.1, -0.05) is 35.5 Å². The molecule has 0 unspecified atom stereocenters. The smallest absolute Gasteiger partial charge is 0.266 e. The molecule has 1 atom stereocenters. The van der Waals surface area contributed by atoms with Gasteiger partial charge in [0.1, 0.15) is 5.75 Å². The van der Waals surface area contributed by atoms with E-state index < -0.39 is 0 Å². The van der Waals surface area contributed by atoms with Crippen LogP contribution in [0.2, 0.25) is 5.02 Å². The molecule has 1 aromatic heterocycles. The van der Waals surface area contributed by atoms with Crippen molar-refractivity contribution < 1.29 is 9.47 Å². The second kappa shape index (κ2) is 8.55. The van der Waals surface area contributed by atoms with Crippen LogP contribution in [0.15, 0.2) is 52.4 Å². The van der Waals surface area contributed by atoms with Gasteiger partial charge in [-0.05, 0) is 49.6 Å². The number of aromatic nitrogens is 2. The van der Waals surface area contributed by atoms with Crippen LogP contribution >= 0.6 is 23.4 Å². The number of rotatable bonds is 5. The predicted molar refractivity (Wildman–Crippen MR) is 113 cm³/mol. The summed E-state index contributed by atoms with van der Waals surface area (Å²) in [5.41, 5.74) is 1.25. The predicted octanol–water partition coefficient (Wildman–Crippen LogP) is 4.71. The van der Waals surface area contributed by atoms with Crippen molar-refractivity contribution in [3.63, 3.8) is 0 Å². The Morgan fingerprint density at radius 2 is 2.14 bits per heavy atom. The van der Waals surface area contributed by atoms with Crippen molar-refractivity contribution in [2.24, 2.45) is 0 Å². The van der Waals surface area contributed by atoms with Crippen molar-refractivity contribution in [3.8, 4) is 11.4 Å². The van der Waals surface area contributed by atoms with Crippen molar-refractivity contribution in [1.82, 2.24) is 9.55 Å². The largest absolute Gasteiger partial charge is 0.495 e. The first kappa shape index (κ1) is 19.3. The molecule has 1 aliphatic rings. The average Bonchev–Trinajstić information content (AvgIpc) is 2.73. The molecule has 0 aliphatic carbocycles. The molecule has 1 fully saturated rings. The number of benzene rings is 2. The first-order valence-corrected chi connectivity index (χ1v) is 10.6. The third kappa shape index (κ3) is 3.90. The van der Waals surface area contributed by atoms with Crippen molar-refractivity contribution in [2.45, 2.75) is 30.5 Å². The number of hydrogen-bond acceptors (Lipinski definition) is 5. The van der Waals surface area contributed by atoms with Crippen LogP contribution in [0.1, 0.15) is 19.3 Å². The standard InChI is InChI=1S/C21H21ClN2O3S/c1-26-19-10-9-14(12-17(19)22)24-20(25)16-7-2-3-8-18(16)23-21(24)28-13-15-6-4-5-11-27-15/h2-3,7-10,12,15H,4-6,11,13H2,1H3/t15-/m1/s1. The number of para-hydroxylation sites is 1. The normalized spacial score (nSPS) is 17.0. The molecule has 1 saturated heterocycles. The Kier molecular flexibility index (Phi) is 5.90. The topological polar surface area (TPSA) is 53.4 Å². The summed E-state index contributed by atoms with van der Waals surface area (Å²) in [4.78, 5) is 18.0. The first-order valence-electron chi connectivity index (χ1n) is 9.27. The monoisotopic (exact) mass is 416 g/mol. The van der Waals surface area contributed by atoms with Gasteiger partial charge < -0.3 is 9.47 Å². The summed E-state index contributed by atoms with van der Waals surface area (Å²) in [6, 6.07) is 12.7. The van der Waals surface area contributed by atoms with E-state index in [1.54, 1.807) is 41.6 Å². The molecule has 5 nitrogen and oxygen atoms in total. The van der Waals surface area contributed by atoms with E-state index in [2.05, 4.69) is 0 Å². The Hall–Kier alpha value is -2.02. The molecule has 1 aliphatic heterocycles. The number of ether oxygens (including phenoxy) is 2. The van der Waals surface area contributed by atoms with Gasteiger partial charge in [0.25, 0.3) is 5.56 Å². The van der Waals surface area contributed by atoms with Gasteiger partial charge in [0.15, 0.2) is 5.16 Å². The molecule has 0 amide bonds. The minimum Gasteiger partial charge on any atom is -0.495 e. The molecule has 3 aromatic rings. The summed E-state index contributed by atoms with van der Waals surface area (Å²) in [5, 5.41) is 1.67. The summed E-state index contributed by atoms with van der Waals surface area (Å²) >= 11 is 7.86. The Morgan fingerprint density at radius 1 is 1.29 bits per heavy atom. The van der Waals surface area contributed by atoms with Crippen LogP contribution in [-0.2, 0) is 4.74 Å². The highest BCUT2D eigenvalue weighted by atomic mass is 35.5. The third-order valence-electron chi connectivity index (χ3n) is 4.81. The Labute approximate surface area is 172 Å². The lowest BCUT2D eigenvalue weighted by Crippen LogP contribution is -2.24. The molecule has 146 valence electrons. The molecule has 0 N–H and O–H groups in total. The molecular weight excluding hydrogens is 396 g/mol. The van der Waals surface area contributed by atoms with Gasteiger partial charge in [-0.2, -0.15) is 0 Å². The zero-order chi connectivity index (χ0) is 19.5. The maximum absolute atomic E-state index is 13.3. The van der Waals surface area contributed by atoms with Crippen molar-refractivity contribution >= 4 is 34.3 Å². The Bertz CT molecular complexity index is 1050. The van der Waals surface area contributed by atoms with Crippen LogP contribution in [0.5, 0.6) is 5.75 Å². The number of halogens is 1. The fourth-order valence-corrected chi connectivity index (χ4v) is 4.67. The van der Waals surface area contributed by atoms with Gasteiger partial charge in [0.05, 0.1) is 34.8 Å². The molecule has 0 saturated carbocycles. The van der Waals surface area contributed by atoms with Crippen LogP contribution in [0.4, 0.5) is 0 Å². The number of nitrogens with zero attached hydrogens (tertiary/aromatic N) is 2. The van der Waals surface area contributed by atoms with Gasteiger partial charge in [0, 0.05) is 12.4 Å². The van der Waals surface area contributed by atoms with E-state index in [-0.39, 0.29) is 11.7 Å². The van der Waals surface area contributed by atoms with Crippen LogP contribution in [0.25, 0.3) is 16.6 Å². The van der Waals surface area contributed by atoms with Gasteiger partial charge in [-0.15, -0.1) is 0 Å². The lowest BCUT2D eigenvalue weighted by Gasteiger charge is -2.22. The number of thioether (sulfide) groups is 1. The highest BCUT2D eigenvalue weighted by Crippen LogP contribution is 2.29. The zero-order valence-corrected chi connectivity index (χ0v) is 17.1. The molecule has 0 spiro atoms. The zero-order valence-electron chi connectivity index (χ0n) is 15.6. The number of fused-ring (bicyclic) bond motifs is 1. The lowest BCUT2D eigenvalue weighted by atomic mass is 10.1. The van der Waals surface area contributed by atoms with Gasteiger partial charge in [-0.3, -0.25) is 9.36 Å². The summed E-state index contributed by atoms with van der Waals surface area (Å²) < 4.78 is 12.7. The lowest BCUT2D eigenvalue weighted by molar-refractivity contribution is 0.0315. The van der Waals surface area contributed by atoms with Crippen LogP contribution in [0.3, 0.4) is 0 Å². The van der Waals surface area contributed by atoms with Crippen LogP contribution < -0.4 is 10.3 Å². The minimum atomic E-state index is -0.112. The molecular formula is C21H21ClN2O3S. The van der Waals surface area contributed by atoms with Crippen LogP contribution in [-0.4, -0.2) is 35.1 Å². The van der Waals surface area contributed by atoms with E-state index in [1.807, 2.05) is 24.3 Å². The highest BCUT2D eigenvalue weighted by Gasteiger charge is 2.18. The fraction of sp³-hybridized carbons (Fsp3) is 0.333. The van der Waals surface area contributed by atoms with Crippen LogP contribution in [0, 0.1) is 0 Å². The summed E-state index contributed by atoms with van der Waals surface area (Å²) in [5.74, 6) is 1.33. The molecule has 4 rings (SSSR count). The Morgan fingerprint density at radius 3 is 2.89 bits per heavy atom. The second-order valence-corrected chi connectivity index (χ2v) is 8.06. The van der Waals surface area contributed by atoms with E-state index in [0.717, 1.165) is 25.2 Å². The number of methoxy groups -OCH3 is 1. The van der Waals surface area contributed by atoms with E-state index in [0.29, 0.717) is 32.5 Å². The molecule has 2 aromatic carbocycles. The van der Waals surface area contributed by atoms with Crippen molar-refractivity contribution in [1.29, 1.82) is 0 Å². The minimum absolute atomic E-state index is 0.112. The molecule has 7 heteroatoms. The van der Waals surface area contributed by atoms with E-state index in [4.69, 9.17) is 26.1 Å². The van der Waals surface area contributed by atoms with E-state index in [9.17, 15) is 4.79 Å². The molecule has 0 radical (unpaired) electrons. The van der Waals surface area contributed by atoms with E-state index in [1.165, 1.54) is 6.42 Å². The van der Waals surface area contributed by atoms with Crippen molar-refractivity contribution in [2.75, 3.05) is 19.5 Å². The third-order valence-corrected chi connectivity index (χ3v) is 6.18. The maximum Gasteiger partial charge on any atom is 0.266 e. The molecule has 2 heterocycles. The highest BCUT2D eigenvalue weighted by molar-refractivity contribution is 7.99. The van der Waals surface area contributed by atoms with Crippen molar-refractivity contribution in [3.05, 3.63) is 57.8 Å². The number of hydrogen-bond donors (Lipinski definition) is 0.